The quantitative estimate of drug-likeness (QED) is 0.327. The zero-order valence-corrected chi connectivity index (χ0v) is 17.6. The van der Waals surface area contributed by atoms with Gasteiger partial charge in [0.25, 0.3) is 5.91 Å². The molecule has 2 aromatic rings. The molecule has 2 rings (SSSR count). The van der Waals surface area contributed by atoms with Crippen LogP contribution in [-0.2, 0) is 17.8 Å². The first kappa shape index (κ1) is 22.3. The summed E-state index contributed by atoms with van der Waals surface area (Å²) in [6.07, 6.45) is 2.06. The zero-order valence-electron chi connectivity index (χ0n) is 17.6. The number of aryl methyl sites for hydroxylation is 1. The number of guanidine groups is 1. The Hall–Kier alpha value is -3.02. The van der Waals surface area contributed by atoms with Gasteiger partial charge in [0.2, 0.25) is 0 Å². The molecule has 156 valence electrons. The lowest BCUT2D eigenvalue weighted by Gasteiger charge is -2.13. The molecule has 0 aliphatic heterocycles. The normalized spacial score (nSPS) is 11.4. The number of amides is 1. The van der Waals surface area contributed by atoms with E-state index in [0.717, 1.165) is 30.9 Å². The largest absolute Gasteiger partial charge is 0.484 e. The van der Waals surface area contributed by atoms with E-state index in [2.05, 4.69) is 53.7 Å². The predicted molar refractivity (Wildman–Crippen MR) is 118 cm³/mol. The number of carbonyl (C=O) groups excluding carboxylic acids is 1. The molecule has 0 saturated carbocycles. The van der Waals surface area contributed by atoms with Crippen molar-refractivity contribution in [3.05, 3.63) is 65.2 Å². The lowest BCUT2D eigenvalue weighted by atomic mass is 10.0. The van der Waals surface area contributed by atoms with Crippen molar-refractivity contribution in [3.8, 4) is 5.75 Å². The fourth-order valence-electron chi connectivity index (χ4n) is 2.87. The van der Waals surface area contributed by atoms with Gasteiger partial charge in [-0.1, -0.05) is 50.2 Å². The third-order valence-corrected chi connectivity index (χ3v) is 4.54. The van der Waals surface area contributed by atoms with Crippen LogP contribution in [0.2, 0.25) is 0 Å². The first-order valence-corrected chi connectivity index (χ1v) is 10.0. The highest BCUT2D eigenvalue weighted by Gasteiger charge is 2.03. The smallest absolute Gasteiger partial charge is 0.255 e. The summed E-state index contributed by atoms with van der Waals surface area (Å²) in [7, 11) is 1.76. The van der Waals surface area contributed by atoms with Gasteiger partial charge in [-0.05, 0) is 47.6 Å². The molecule has 0 bridgehead atoms. The van der Waals surface area contributed by atoms with Crippen molar-refractivity contribution in [3.63, 3.8) is 0 Å². The van der Waals surface area contributed by atoms with Crippen LogP contribution in [0.3, 0.4) is 0 Å². The molecule has 1 amide bonds. The topological polar surface area (TPSA) is 88.7 Å². The highest BCUT2D eigenvalue weighted by molar-refractivity contribution is 5.79. The fraction of sp³-hybridized carbons (Fsp3) is 0.391. The summed E-state index contributed by atoms with van der Waals surface area (Å²) in [4.78, 5) is 15.1. The van der Waals surface area contributed by atoms with E-state index in [1.807, 2.05) is 18.2 Å². The van der Waals surface area contributed by atoms with E-state index >= 15 is 0 Å². The van der Waals surface area contributed by atoms with Crippen LogP contribution in [0.5, 0.6) is 5.75 Å². The summed E-state index contributed by atoms with van der Waals surface area (Å²) in [5.74, 6) is 1.45. The lowest BCUT2D eigenvalue weighted by molar-refractivity contribution is -0.119. The molecule has 6 heteroatoms. The van der Waals surface area contributed by atoms with Crippen LogP contribution < -0.4 is 21.1 Å². The van der Waals surface area contributed by atoms with Gasteiger partial charge in [0.05, 0.1) is 0 Å². The molecule has 4 N–H and O–H groups in total. The summed E-state index contributed by atoms with van der Waals surface area (Å²) in [6.45, 7) is 5.74. The minimum absolute atomic E-state index is 0.125. The Morgan fingerprint density at radius 1 is 1.10 bits per heavy atom. The van der Waals surface area contributed by atoms with Gasteiger partial charge in [-0.2, -0.15) is 0 Å². The Labute approximate surface area is 173 Å². The zero-order chi connectivity index (χ0) is 21.1. The summed E-state index contributed by atoms with van der Waals surface area (Å²) >= 11 is 0. The maximum atomic E-state index is 10.8. The van der Waals surface area contributed by atoms with Gasteiger partial charge in [0.15, 0.2) is 12.6 Å². The summed E-state index contributed by atoms with van der Waals surface area (Å²) in [5, 5.41) is 6.63. The number of aliphatic imine (C=N–C) groups is 1. The van der Waals surface area contributed by atoms with Gasteiger partial charge < -0.3 is 21.1 Å². The molecule has 0 radical (unpaired) electrons. The van der Waals surface area contributed by atoms with E-state index < -0.39 is 5.91 Å². The van der Waals surface area contributed by atoms with Crippen molar-refractivity contribution < 1.29 is 9.53 Å². The molecule has 0 aromatic heterocycles. The SMILES string of the molecule is CN=C(NCCCc1ccc(C(C)C)cc1)NCc1cccc(OCC(N)=O)c1. The van der Waals surface area contributed by atoms with E-state index in [1.54, 1.807) is 13.1 Å². The van der Waals surface area contributed by atoms with Gasteiger partial charge in [0.1, 0.15) is 5.75 Å². The minimum atomic E-state index is -0.492. The fourth-order valence-corrected chi connectivity index (χ4v) is 2.87. The van der Waals surface area contributed by atoms with Gasteiger partial charge in [-0.25, -0.2) is 0 Å². The summed E-state index contributed by atoms with van der Waals surface area (Å²) in [6, 6.07) is 16.4. The van der Waals surface area contributed by atoms with Gasteiger partial charge in [0, 0.05) is 20.1 Å². The number of ether oxygens (including phenoxy) is 1. The Morgan fingerprint density at radius 2 is 1.86 bits per heavy atom. The van der Waals surface area contributed by atoms with Crippen LogP contribution in [-0.4, -0.2) is 32.1 Å². The number of rotatable bonds is 10. The number of primary amides is 1. The maximum absolute atomic E-state index is 10.8. The first-order valence-electron chi connectivity index (χ1n) is 10.0. The number of benzene rings is 2. The molecular formula is C23H32N4O2. The van der Waals surface area contributed by atoms with Crippen molar-refractivity contribution >= 4 is 11.9 Å². The van der Waals surface area contributed by atoms with Crippen molar-refractivity contribution in [2.24, 2.45) is 10.7 Å². The molecule has 0 spiro atoms. The molecule has 2 aromatic carbocycles. The van der Waals surface area contributed by atoms with Crippen molar-refractivity contribution in [2.45, 2.75) is 39.2 Å². The second-order valence-electron chi connectivity index (χ2n) is 7.25. The van der Waals surface area contributed by atoms with E-state index in [9.17, 15) is 4.79 Å². The van der Waals surface area contributed by atoms with E-state index in [1.165, 1.54) is 11.1 Å². The number of hydrogen-bond donors (Lipinski definition) is 3. The Balaban J connectivity index is 1.72. The number of hydrogen-bond acceptors (Lipinski definition) is 3. The number of nitrogens with zero attached hydrogens (tertiary/aromatic N) is 1. The molecule has 0 unspecified atom stereocenters. The average molecular weight is 397 g/mol. The number of carbonyl (C=O) groups is 1. The monoisotopic (exact) mass is 396 g/mol. The maximum Gasteiger partial charge on any atom is 0.255 e. The molecule has 0 aliphatic rings. The molecule has 6 nitrogen and oxygen atoms in total. The average Bonchev–Trinajstić information content (AvgIpc) is 2.72. The highest BCUT2D eigenvalue weighted by Crippen LogP contribution is 2.15. The van der Waals surface area contributed by atoms with E-state index in [0.29, 0.717) is 18.2 Å². The molecule has 29 heavy (non-hydrogen) atoms. The standard InChI is InChI=1S/C23H32N4O2/c1-17(2)20-11-9-18(10-12-20)7-5-13-26-23(25-3)27-15-19-6-4-8-21(14-19)29-16-22(24)28/h4,6,8-12,14,17H,5,7,13,15-16H2,1-3H3,(H2,24,28)(H2,25,26,27). The second kappa shape index (κ2) is 11.7. The van der Waals surface area contributed by atoms with E-state index in [-0.39, 0.29) is 6.61 Å². The molecule has 0 saturated heterocycles. The van der Waals surface area contributed by atoms with Gasteiger partial charge >= 0.3 is 0 Å². The van der Waals surface area contributed by atoms with Crippen molar-refractivity contribution in [1.29, 1.82) is 0 Å². The summed E-state index contributed by atoms with van der Waals surface area (Å²) < 4.78 is 5.33. The first-order chi connectivity index (χ1) is 14.0. The van der Waals surface area contributed by atoms with Crippen molar-refractivity contribution in [2.75, 3.05) is 20.2 Å². The van der Waals surface area contributed by atoms with Crippen LogP contribution in [0.4, 0.5) is 0 Å². The third-order valence-electron chi connectivity index (χ3n) is 4.54. The van der Waals surface area contributed by atoms with Gasteiger partial charge in [-0.15, -0.1) is 0 Å². The molecule has 0 fully saturated rings. The van der Waals surface area contributed by atoms with Crippen LogP contribution in [0, 0.1) is 0 Å². The molecular weight excluding hydrogens is 364 g/mol. The second-order valence-corrected chi connectivity index (χ2v) is 7.25. The minimum Gasteiger partial charge on any atom is -0.484 e. The Morgan fingerprint density at radius 3 is 2.52 bits per heavy atom. The van der Waals surface area contributed by atoms with Crippen LogP contribution in [0.25, 0.3) is 0 Å². The molecule has 0 atom stereocenters. The highest BCUT2D eigenvalue weighted by atomic mass is 16.5. The number of nitrogens with two attached hydrogens (primary N) is 1. The summed E-state index contributed by atoms with van der Waals surface area (Å²) in [5.41, 5.74) is 8.87. The van der Waals surface area contributed by atoms with Crippen LogP contribution in [0.15, 0.2) is 53.5 Å². The Kier molecular flexibility index (Phi) is 9.02. The van der Waals surface area contributed by atoms with E-state index in [4.69, 9.17) is 10.5 Å². The third kappa shape index (κ3) is 8.25. The number of nitrogens with one attached hydrogen (secondary N) is 2. The van der Waals surface area contributed by atoms with Crippen LogP contribution >= 0.6 is 0 Å². The van der Waals surface area contributed by atoms with Crippen LogP contribution in [0.1, 0.15) is 42.9 Å². The molecule has 0 heterocycles. The molecule has 0 aliphatic carbocycles. The Bertz CT molecular complexity index is 801. The van der Waals surface area contributed by atoms with Gasteiger partial charge in [-0.3, -0.25) is 9.79 Å². The van der Waals surface area contributed by atoms with Crippen molar-refractivity contribution in [1.82, 2.24) is 10.6 Å². The lowest BCUT2D eigenvalue weighted by Crippen LogP contribution is -2.37. The predicted octanol–water partition coefficient (Wildman–Crippen LogP) is 2.97.